The van der Waals surface area contributed by atoms with Crippen LogP contribution in [-0.4, -0.2) is 22.0 Å². The van der Waals surface area contributed by atoms with Gasteiger partial charge in [-0.05, 0) is 17.7 Å². The molecule has 0 radical (unpaired) electrons. The van der Waals surface area contributed by atoms with E-state index in [2.05, 4.69) is 15.7 Å². The topological polar surface area (TPSA) is 102 Å². The quantitative estimate of drug-likeness (QED) is 0.276. The van der Waals surface area contributed by atoms with Gasteiger partial charge < -0.3 is 5.32 Å². The smallest absolute Gasteiger partial charge is 0.268 e. The Morgan fingerprint density at radius 3 is 2.43 bits per heavy atom. The van der Waals surface area contributed by atoms with Crippen LogP contribution in [0.1, 0.15) is 0 Å². The third-order valence-corrected chi connectivity index (χ3v) is 5.15. The van der Waals surface area contributed by atoms with Gasteiger partial charge in [0.25, 0.3) is 11.5 Å². The first-order valence-corrected chi connectivity index (χ1v) is 9.45. The molecule has 0 aliphatic carbocycles. The molecule has 4 rings (SSSR count). The van der Waals surface area contributed by atoms with Crippen molar-refractivity contribution in [3.8, 4) is 16.8 Å². The van der Waals surface area contributed by atoms with Crippen LogP contribution in [0.25, 0.3) is 27.0 Å². The lowest BCUT2D eigenvalue weighted by molar-refractivity contribution is -0.119. The lowest BCUT2D eigenvalue weighted by atomic mass is 10.1. The summed E-state index contributed by atoms with van der Waals surface area (Å²) in [4.78, 5) is 30.3. The van der Waals surface area contributed by atoms with Crippen molar-refractivity contribution in [1.29, 1.82) is 0 Å². The summed E-state index contributed by atoms with van der Waals surface area (Å²) in [7, 11) is 0. The van der Waals surface area contributed by atoms with Gasteiger partial charge in [-0.2, -0.15) is 0 Å². The van der Waals surface area contributed by atoms with E-state index in [1.165, 1.54) is 15.9 Å². The number of carbonyl (C=O) groups excluding carboxylic acids is 1. The molecule has 1 amide bonds. The Labute approximate surface area is 164 Å². The first-order valence-electron chi connectivity index (χ1n) is 8.57. The van der Waals surface area contributed by atoms with E-state index in [1.54, 1.807) is 0 Å². The van der Waals surface area contributed by atoms with Crippen LogP contribution in [0.15, 0.2) is 70.8 Å². The molecule has 0 unspecified atom stereocenters. The Morgan fingerprint density at radius 1 is 1.07 bits per heavy atom. The number of anilines is 1. The summed E-state index contributed by atoms with van der Waals surface area (Å²) in [5.74, 6) is 5.02. The number of nitrogens with one attached hydrogen (secondary N) is 2. The van der Waals surface area contributed by atoms with Crippen LogP contribution in [-0.2, 0) is 4.79 Å². The fraction of sp³-hybridized carbons (Fsp3) is 0.0500. The Bertz CT molecular complexity index is 1190. The minimum absolute atomic E-state index is 0.0990. The maximum Gasteiger partial charge on any atom is 0.268 e. The second kappa shape index (κ2) is 7.63. The molecular weight excluding hydrogens is 374 g/mol. The van der Waals surface area contributed by atoms with Gasteiger partial charge in [0.15, 0.2) is 0 Å². The maximum absolute atomic E-state index is 13.5. The zero-order valence-corrected chi connectivity index (χ0v) is 15.6. The predicted octanol–water partition coefficient (Wildman–Crippen LogP) is 2.52. The molecule has 28 heavy (non-hydrogen) atoms. The number of amides is 1. The van der Waals surface area contributed by atoms with Gasteiger partial charge in [0.05, 0.1) is 17.6 Å². The number of benzene rings is 2. The minimum Gasteiger partial charge on any atom is -0.346 e. The van der Waals surface area contributed by atoms with Gasteiger partial charge in [-0.3, -0.25) is 15.0 Å². The second-order valence-electron chi connectivity index (χ2n) is 6.03. The molecule has 0 bridgehead atoms. The normalized spacial score (nSPS) is 10.8. The maximum atomic E-state index is 13.5. The van der Waals surface area contributed by atoms with Crippen LogP contribution < -0.4 is 22.1 Å². The van der Waals surface area contributed by atoms with Gasteiger partial charge in [-0.15, -0.1) is 11.3 Å². The minimum atomic E-state index is -0.412. The average molecular weight is 391 g/mol. The van der Waals surface area contributed by atoms with Gasteiger partial charge in [0, 0.05) is 10.9 Å². The molecule has 2 aromatic heterocycles. The summed E-state index contributed by atoms with van der Waals surface area (Å²) in [5, 5.41) is 5.39. The number of rotatable bonds is 5. The molecule has 0 aliphatic heterocycles. The van der Waals surface area contributed by atoms with Gasteiger partial charge in [-0.25, -0.2) is 15.4 Å². The highest BCUT2D eigenvalue weighted by Crippen LogP contribution is 2.32. The number of carbonyl (C=O) groups is 1. The lowest BCUT2D eigenvalue weighted by Gasteiger charge is -2.14. The van der Waals surface area contributed by atoms with E-state index in [0.717, 1.165) is 11.1 Å². The molecule has 4 aromatic rings. The molecule has 0 aliphatic rings. The van der Waals surface area contributed by atoms with Crippen molar-refractivity contribution in [1.82, 2.24) is 15.0 Å². The highest BCUT2D eigenvalue weighted by Gasteiger charge is 2.18. The number of fused-ring (bicyclic) bond motifs is 1. The largest absolute Gasteiger partial charge is 0.346 e. The fourth-order valence-electron chi connectivity index (χ4n) is 2.97. The summed E-state index contributed by atoms with van der Waals surface area (Å²) in [5.41, 5.74) is 4.31. The Hall–Kier alpha value is -3.49. The van der Waals surface area contributed by atoms with E-state index >= 15 is 0 Å². The van der Waals surface area contributed by atoms with Crippen molar-refractivity contribution in [2.75, 3.05) is 11.9 Å². The predicted molar refractivity (Wildman–Crippen MR) is 111 cm³/mol. The third-order valence-electron chi connectivity index (χ3n) is 4.28. The van der Waals surface area contributed by atoms with Crippen LogP contribution >= 0.6 is 11.3 Å². The number of para-hydroxylation sites is 1. The summed E-state index contributed by atoms with van der Waals surface area (Å²) < 4.78 is 1.48. The molecule has 2 aromatic carbocycles. The van der Waals surface area contributed by atoms with E-state index in [-0.39, 0.29) is 18.1 Å². The monoisotopic (exact) mass is 391 g/mol. The van der Waals surface area contributed by atoms with E-state index < -0.39 is 5.91 Å². The summed E-state index contributed by atoms with van der Waals surface area (Å²) in [6, 6.07) is 18.9. The molecule has 4 N–H and O–H groups in total. The summed E-state index contributed by atoms with van der Waals surface area (Å²) >= 11 is 1.39. The zero-order chi connectivity index (χ0) is 19.5. The van der Waals surface area contributed by atoms with Gasteiger partial charge in [0.1, 0.15) is 4.83 Å². The Morgan fingerprint density at radius 2 is 1.75 bits per heavy atom. The Kier molecular flexibility index (Phi) is 4.88. The van der Waals surface area contributed by atoms with Crippen LogP contribution in [0.2, 0.25) is 0 Å². The fourth-order valence-corrected chi connectivity index (χ4v) is 3.90. The van der Waals surface area contributed by atoms with Crippen molar-refractivity contribution in [3.63, 3.8) is 0 Å². The van der Waals surface area contributed by atoms with Crippen LogP contribution in [0.3, 0.4) is 0 Å². The van der Waals surface area contributed by atoms with E-state index in [9.17, 15) is 9.59 Å². The van der Waals surface area contributed by atoms with Crippen molar-refractivity contribution >= 4 is 33.4 Å². The molecule has 7 nitrogen and oxygen atoms in total. The number of nitrogens with zero attached hydrogens (tertiary/aromatic N) is 2. The summed E-state index contributed by atoms with van der Waals surface area (Å²) in [6.45, 7) is -0.0990. The zero-order valence-electron chi connectivity index (χ0n) is 14.8. The van der Waals surface area contributed by atoms with Crippen LogP contribution in [0.5, 0.6) is 0 Å². The van der Waals surface area contributed by atoms with Gasteiger partial charge in [-0.1, -0.05) is 48.5 Å². The highest BCUT2D eigenvalue weighted by atomic mass is 32.1. The molecule has 0 spiro atoms. The van der Waals surface area contributed by atoms with Crippen molar-refractivity contribution in [2.24, 2.45) is 5.84 Å². The molecule has 0 saturated carbocycles. The number of hydrogen-bond acceptors (Lipinski definition) is 6. The van der Waals surface area contributed by atoms with Crippen molar-refractivity contribution in [2.45, 2.75) is 0 Å². The molecule has 8 heteroatoms. The summed E-state index contributed by atoms with van der Waals surface area (Å²) in [6.07, 6.45) is 0. The molecule has 140 valence electrons. The van der Waals surface area contributed by atoms with Crippen molar-refractivity contribution in [3.05, 3.63) is 76.4 Å². The number of hydrogen-bond donors (Lipinski definition) is 3. The first-order chi connectivity index (χ1) is 13.7. The van der Waals surface area contributed by atoms with E-state index in [4.69, 9.17) is 5.84 Å². The number of hydrazine groups is 1. The van der Waals surface area contributed by atoms with E-state index in [0.29, 0.717) is 15.9 Å². The average Bonchev–Trinajstić information content (AvgIpc) is 3.17. The molecule has 0 saturated heterocycles. The molecule has 0 fully saturated rings. The SMILES string of the molecule is NNC(=O)CNc1nc2scc(-c3ccccc3)c2c(=O)n1-c1ccccc1. The standard InChI is InChI=1S/C20H17N5O2S/c21-24-16(26)11-22-20-23-18-17(15(12-28-18)13-7-3-1-4-8-13)19(27)25(20)14-9-5-2-6-10-14/h1-10,12H,11,21H2,(H,22,23)(H,24,26). The van der Waals surface area contributed by atoms with Crippen molar-refractivity contribution < 1.29 is 4.79 Å². The van der Waals surface area contributed by atoms with Crippen LogP contribution in [0.4, 0.5) is 5.95 Å². The molecule has 2 heterocycles. The lowest BCUT2D eigenvalue weighted by Crippen LogP contribution is -2.36. The van der Waals surface area contributed by atoms with Crippen LogP contribution in [0, 0.1) is 0 Å². The van der Waals surface area contributed by atoms with Gasteiger partial charge in [0.2, 0.25) is 5.95 Å². The molecular formula is C20H17N5O2S. The second-order valence-corrected chi connectivity index (χ2v) is 6.89. The van der Waals surface area contributed by atoms with Gasteiger partial charge >= 0.3 is 0 Å². The number of aromatic nitrogens is 2. The molecule has 0 atom stereocenters. The third kappa shape index (κ3) is 3.26. The Balaban J connectivity index is 1.94. The highest BCUT2D eigenvalue weighted by molar-refractivity contribution is 7.17. The van der Waals surface area contributed by atoms with E-state index in [1.807, 2.05) is 66.0 Å². The number of nitrogens with two attached hydrogens (primary N) is 1. The first kappa shape index (κ1) is 17.9. The number of thiophene rings is 1.